The third kappa shape index (κ3) is 2.37. The summed E-state index contributed by atoms with van der Waals surface area (Å²) in [7, 11) is 0. The van der Waals surface area contributed by atoms with E-state index >= 15 is 0 Å². The number of fused-ring (bicyclic) bond motifs is 1. The van der Waals surface area contributed by atoms with Gasteiger partial charge in [0.05, 0.1) is 17.1 Å². The first kappa shape index (κ1) is 13.0. The monoisotopic (exact) mass is 252 g/mol. The van der Waals surface area contributed by atoms with Gasteiger partial charge in [-0.25, -0.2) is 4.98 Å². The molecule has 0 bridgehead atoms. The van der Waals surface area contributed by atoms with Gasteiger partial charge in [-0.1, -0.05) is 12.1 Å². The fourth-order valence-corrected chi connectivity index (χ4v) is 1.75. The zero-order valence-electron chi connectivity index (χ0n) is 9.85. The zero-order valence-corrected chi connectivity index (χ0v) is 9.85. The number of nitrogens with zero attached hydrogens (tertiary/aromatic N) is 1. The van der Waals surface area contributed by atoms with E-state index in [4.69, 9.17) is 0 Å². The molecule has 0 aliphatic rings. The van der Waals surface area contributed by atoms with Gasteiger partial charge < -0.3 is 25.4 Å². The Balaban J connectivity index is 2.25. The van der Waals surface area contributed by atoms with Crippen molar-refractivity contribution in [3.05, 3.63) is 30.1 Å². The van der Waals surface area contributed by atoms with E-state index in [1.54, 1.807) is 18.2 Å². The molecule has 1 aromatic heterocycles. The Hall–Kier alpha value is -1.47. The van der Waals surface area contributed by atoms with Crippen molar-refractivity contribution in [3.63, 3.8) is 0 Å². The smallest absolute Gasteiger partial charge is 0.140 e. The predicted octanol–water partition coefficient (Wildman–Crippen LogP) is -0.301. The van der Waals surface area contributed by atoms with Gasteiger partial charge in [0.25, 0.3) is 0 Å². The maximum Gasteiger partial charge on any atom is 0.140 e. The molecule has 0 saturated heterocycles. The molecule has 6 heteroatoms. The van der Waals surface area contributed by atoms with Gasteiger partial charge in [-0.2, -0.15) is 0 Å². The molecule has 0 amide bonds. The quantitative estimate of drug-likeness (QED) is 0.513. The van der Waals surface area contributed by atoms with Crippen LogP contribution in [-0.4, -0.2) is 48.7 Å². The molecule has 0 aliphatic heterocycles. The van der Waals surface area contributed by atoms with Gasteiger partial charge in [-0.05, 0) is 19.1 Å². The van der Waals surface area contributed by atoms with E-state index in [0.717, 1.165) is 5.52 Å². The van der Waals surface area contributed by atoms with Gasteiger partial charge in [0.15, 0.2) is 0 Å². The zero-order chi connectivity index (χ0) is 13.3. The molecular weight excluding hydrogens is 236 g/mol. The van der Waals surface area contributed by atoms with Crippen molar-refractivity contribution in [2.75, 3.05) is 0 Å². The summed E-state index contributed by atoms with van der Waals surface area (Å²) >= 11 is 0. The minimum atomic E-state index is -1.51. The Morgan fingerprint density at radius 1 is 1.06 bits per heavy atom. The van der Waals surface area contributed by atoms with Crippen LogP contribution in [0.3, 0.4) is 0 Å². The van der Waals surface area contributed by atoms with Crippen LogP contribution in [0.15, 0.2) is 24.3 Å². The Kier molecular flexibility index (Phi) is 3.63. The molecule has 0 saturated carbocycles. The van der Waals surface area contributed by atoms with Crippen LogP contribution in [0.25, 0.3) is 11.0 Å². The van der Waals surface area contributed by atoms with Crippen LogP contribution in [0.5, 0.6) is 0 Å². The molecule has 5 N–H and O–H groups in total. The molecule has 98 valence electrons. The van der Waals surface area contributed by atoms with Gasteiger partial charge in [-0.15, -0.1) is 0 Å². The third-order valence-corrected chi connectivity index (χ3v) is 2.86. The lowest BCUT2D eigenvalue weighted by Crippen LogP contribution is -2.39. The first-order chi connectivity index (χ1) is 8.50. The Morgan fingerprint density at radius 2 is 1.72 bits per heavy atom. The molecule has 0 fully saturated rings. The van der Waals surface area contributed by atoms with Gasteiger partial charge >= 0.3 is 0 Å². The summed E-state index contributed by atoms with van der Waals surface area (Å²) < 4.78 is 0. The molecular formula is C12H16N2O4. The van der Waals surface area contributed by atoms with E-state index in [1.807, 2.05) is 6.07 Å². The van der Waals surface area contributed by atoms with Crippen molar-refractivity contribution in [2.45, 2.75) is 31.3 Å². The summed E-state index contributed by atoms with van der Waals surface area (Å²) in [4.78, 5) is 6.97. The molecule has 4 atom stereocenters. The van der Waals surface area contributed by atoms with E-state index in [0.29, 0.717) is 5.52 Å². The maximum atomic E-state index is 9.89. The highest BCUT2D eigenvalue weighted by atomic mass is 16.4. The molecule has 6 nitrogen and oxygen atoms in total. The summed E-state index contributed by atoms with van der Waals surface area (Å²) in [6.07, 6.45) is -5.47. The van der Waals surface area contributed by atoms with Crippen molar-refractivity contribution in [3.8, 4) is 0 Å². The lowest BCUT2D eigenvalue weighted by atomic mass is 10.0. The normalized spacial score (nSPS) is 18.5. The van der Waals surface area contributed by atoms with E-state index in [1.165, 1.54) is 6.92 Å². The molecule has 1 aromatic carbocycles. The number of rotatable bonds is 4. The summed E-state index contributed by atoms with van der Waals surface area (Å²) in [6, 6.07) is 7.17. The average molecular weight is 252 g/mol. The minimum Gasteiger partial charge on any atom is -0.391 e. The molecule has 0 spiro atoms. The molecule has 0 unspecified atom stereocenters. The van der Waals surface area contributed by atoms with E-state index in [2.05, 4.69) is 9.97 Å². The van der Waals surface area contributed by atoms with E-state index in [9.17, 15) is 20.4 Å². The first-order valence-electron chi connectivity index (χ1n) is 5.67. The Morgan fingerprint density at radius 3 is 2.33 bits per heavy atom. The number of imidazole rings is 1. The number of hydrogen-bond acceptors (Lipinski definition) is 5. The van der Waals surface area contributed by atoms with Crippen LogP contribution in [0.2, 0.25) is 0 Å². The number of nitrogens with one attached hydrogen (secondary N) is 1. The largest absolute Gasteiger partial charge is 0.391 e. The van der Waals surface area contributed by atoms with Gasteiger partial charge in [-0.3, -0.25) is 0 Å². The van der Waals surface area contributed by atoms with Crippen molar-refractivity contribution >= 4 is 11.0 Å². The number of benzene rings is 1. The minimum absolute atomic E-state index is 0.156. The van der Waals surface area contributed by atoms with Gasteiger partial charge in [0.1, 0.15) is 24.1 Å². The first-order valence-corrected chi connectivity index (χ1v) is 5.67. The number of H-pyrrole nitrogens is 1. The second-order valence-corrected chi connectivity index (χ2v) is 4.31. The highest BCUT2D eigenvalue weighted by Gasteiger charge is 2.30. The highest BCUT2D eigenvalue weighted by molar-refractivity contribution is 5.74. The number of aromatic amines is 1. The summed E-state index contributed by atoms with van der Waals surface area (Å²) in [5.74, 6) is 0.156. The topological polar surface area (TPSA) is 110 Å². The van der Waals surface area contributed by atoms with Crippen molar-refractivity contribution < 1.29 is 20.4 Å². The molecule has 18 heavy (non-hydrogen) atoms. The molecule has 0 aliphatic carbocycles. The lowest BCUT2D eigenvalue weighted by Gasteiger charge is -2.23. The van der Waals surface area contributed by atoms with Crippen molar-refractivity contribution in [2.24, 2.45) is 0 Å². The van der Waals surface area contributed by atoms with E-state index in [-0.39, 0.29) is 5.82 Å². The van der Waals surface area contributed by atoms with Gasteiger partial charge in [0, 0.05) is 0 Å². The molecule has 2 rings (SSSR count). The fraction of sp³-hybridized carbons (Fsp3) is 0.417. The standard InChI is InChI=1S/C12H16N2O4/c1-6(15)9(16)10(17)11(18)12-13-7-4-2-3-5-8(7)14-12/h2-6,9-11,15-18H,1H3,(H,13,14)/t6-,9+,10-,11-/m0/s1. The number of aliphatic hydroxyl groups excluding tert-OH is 4. The number of aromatic nitrogens is 2. The molecule has 2 aromatic rings. The second kappa shape index (κ2) is 5.03. The van der Waals surface area contributed by atoms with Crippen LogP contribution in [0, 0.1) is 0 Å². The SMILES string of the molecule is C[C@H](O)[C@@H](O)[C@H](O)[C@H](O)c1nc2ccccc2[nH]1. The average Bonchev–Trinajstić information content (AvgIpc) is 2.79. The lowest BCUT2D eigenvalue weighted by molar-refractivity contribution is -0.103. The third-order valence-electron chi connectivity index (χ3n) is 2.86. The summed E-state index contributed by atoms with van der Waals surface area (Å²) in [6.45, 7) is 1.33. The van der Waals surface area contributed by atoms with Crippen molar-refractivity contribution in [1.82, 2.24) is 9.97 Å². The van der Waals surface area contributed by atoms with Crippen LogP contribution in [0.4, 0.5) is 0 Å². The van der Waals surface area contributed by atoms with Crippen LogP contribution in [-0.2, 0) is 0 Å². The summed E-state index contributed by atoms with van der Waals surface area (Å²) in [5.41, 5.74) is 1.38. The Labute approximate surface area is 104 Å². The second-order valence-electron chi connectivity index (χ2n) is 4.31. The van der Waals surface area contributed by atoms with Crippen LogP contribution >= 0.6 is 0 Å². The number of aliphatic hydroxyl groups is 4. The van der Waals surface area contributed by atoms with Crippen LogP contribution in [0.1, 0.15) is 18.9 Å². The highest BCUT2D eigenvalue weighted by Crippen LogP contribution is 2.21. The summed E-state index contributed by atoms with van der Waals surface area (Å²) in [5, 5.41) is 38.3. The van der Waals surface area contributed by atoms with Gasteiger partial charge in [0.2, 0.25) is 0 Å². The number of para-hydroxylation sites is 2. The fourth-order valence-electron chi connectivity index (χ4n) is 1.75. The van der Waals surface area contributed by atoms with E-state index < -0.39 is 24.4 Å². The molecule has 1 heterocycles. The van der Waals surface area contributed by atoms with Crippen molar-refractivity contribution in [1.29, 1.82) is 0 Å². The maximum absolute atomic E-state index is 9.89. The molecule has 0 radical (unpaired) electrons. The van der Waals surface area contributed by atoms with Crippen LogP contribution < -0.4 is 0 Å². The predicted molar refractivity (Wildman–Crippen MR) is 64.7 cm³/mol. The number of hydrogen-bond donors (Lipinski definition) is 5. The Bertz CT molecular complexity index is 493.